The van der Waals surface area contributed by atoms with Crippen molar-refractivity contribution in [1.29, 1.82) is 0 Å². The molecule has 0 bridgehead atoms. The van der Waals surface area contributed by atoms with Gasteiger partial charge in [-0.25, -0.2) is 0 Å². The summed E-state index contributed by atoms with van der Waals surface area (Å²) >= 11 is 0. The molecule has 6 nitrogen and oxygen atoms in total. The third-order valence-electron chi connectivity index (χ3n) is 5.52. The fourth-order valence-electron chi connectivity index (χ4n) is 3.68. The van der Waals surface area contributed by atoms with Gasteiger partial charge in [-0.1, -0.05) is 19.1 Å². The minimum atomic E-state index is -0.766. The third kappa shape index (κ3) is 3.96. The number of hydrogen-bond donors (Lipinski definition) is 2. The second-order valence-corrected chi connectivity index (χ2v) is 7.76. The molecular formula is C22H25N3O3. The zero-order valence-electron chi connectivity index (χ0n) is 16.6. The molecule has 146 valence electrons. The van der Waals surface area contributed by atoms with E-state index in [0.717, 1.165) is 22.5 Å². The smallest absolute Gasteiger partial charge is 0.251 e. The fraction of sp³-hybridized carbons (Fsp3) is 0.364. The first kappa shape index (κ1) is 19.7. The highest BCUT2D eigenvalue weighted by Crippen LogP contribution is 2.41. The predicted molar refractivity (Wildman–Crippen MR) is 106 cm³/mol. The van der Waals surface area contributed by atoms with Crippen molar-refractivity contribution in [3.05, 3.63) is 64.5 Å². The topological polar surface area (TPSA) is 88.2 Å². The molecule has 1 saturated heterocycles. The van der Waals surface area contributed by atoms with E-state index in [-0.39, 0.29) is 30.1 Å². The van der Waals surface area contributed by atoms with Crippen LogP contribution in [-0.4, -0.2) is 22.7 Å². The van der Waals surface area contributed by atoms with Crippen LogP contribution in [0.3, 0.4) is 0 Å². The molecule has 1 fully saturated rings. The number of aryl methyl sites for hydroxylation is 2. The predicted octanol–water partition coefficient (Wildman–Crippen LogP) is 2.78. The fourth-order valence-corrected chi connectivity index (χ4v) is 3.68. The molecule has 1 aromatic heterocycles. The van der Waals surface area contributed by atoms with Crippen molar-refractivity contribution in [2.45, 2.75) is 46.6 Å². The van der Waals surface area contributed by atoms with Crippen molar-refractivity contribution in [1.82, 2.24) is 15.6 Å². The number of hydrogen-bond acceptors (Lipinski definition) is 4. The number of amides is 3. The first-order valence-corrected chi connectivity index (χ1v) is 9.35. The average Bonchev–Trinajstić information content (AvgIpc) is 2.91. The van der Waals surface area contributed by atoms with Crippen molar-refractivity contribution < 1.29 is 14.4 Å². The lowest BCUT2D eigenvalue weighted by Gasteiger charge is -2.28. The van der Waals surface area contributed by atoms with E-state index in [1.54, 1.807) is 19.1 Å². The molecule has 3 rings (SSSR count). The van der Waals surface area contributed by atoms with E-state index in [1.807, 2.05) is 45.0 Å². The molecule has 2 heterocycles. The lowest BCUT2D eigenvalue weighted by molar-refractivity contribution is -0.128. The Bertz CT molecular complexity index is 916. The maximum atomic E-state index is 12.4. The van der Waals surface area contributed by atoms with Gasteiger partial charge in [-0.3, -0.25) is 24.7 Å². The molecule has 1 aliphatic heterocycles. The van der Waals surface area contributed by atoms with E-state index in [4.69, 9.17) is 0 Å². The number of carbonyl (C=O) groups excluding carboxylic acids is 3. The lowest BCUT2D eigenvalue weighted by atomic mass is 9.73. The highest BCUT2D eigenvalue weighted by atomic mass is 16.2. The molecule has 2 aromatic rings. The normalized spacial score (nSPS) is 20.0. The molecule has 1 aliphatic rings. The van der Waals surface area contributed by atoms with Gasteiger partial charge in [-0.2, -0.15) is 0 Å². The summed E-state index contributed by atoms with van der Waals surface area (Å²) in [7, 11) is 0. The first-order valence-electron chi connectivity index (χ1n) is 9.35. The summed E-state index contributed by atoms with van der Waals surface area (Å²) in [5.41, 5.74) is 3.56. The maximum absolute atomic E-state index is 12.4. The van der Waals surface area contributed by atoms with Gasteiger partial charge in [-0.15, -0.1) is 0 Å². The Hall–Kier alpha value is -3.02. The summed E-state index contributed by atoms with van der Waals surface area (Å²) in [5, 5.41) is 5.30. The molecule has 2 N–H and O–H groups in total. The Morgan fingerprint density at radius 3 is 2.32 bits per heavy atom. The van der Waals surface area contributed by atoms with Crippen LogP contribution in [-0.2, 0) is 16.1 Å². The monoisotopic (exact) mass is 379 g/mol. The van der Waals surface area contributed by atoms with E-state index < -0.39 is 5.41 Å². The van der Waals surface area contributed by atoms with Gasteiger partial charge in [0.15, 0.2) is 0 Å². The van der Waals surface area contributed by atoms with Gasteiger partial charge in [0, 0.05) is 29.9 Å². The molecule has 2 atom stereocenters. The van der Waals surface area contributed by atoms with Crippen molar-refractivity contribution in [2.24, 2.45) is 5.41 Å². The Kier molecular flexibility index (Phi) is 5.31. The van der Waals surface area contributed by atoms with E-state index >= 15 is 0 Å². The van der Waals surface area contributed by atoms with Crippen molar-refractivity contribution in [3.63, 3.8) is 0 Å². The highest BCUT2D eigenvalue weighted by Gasteiger charge is 2.46. The molecule has 28 heavy (non-hydrogen) atoms. The van der Waals surface area contributed by atoms with E-state index in [0.29, 0.717) is 12.1 Å². The number of rotatable bonds is 5. The van der Waals surface area contributed by atoms with Crippen molar-refractivity contribution >= 4 is 17.7 Å². The zero-order chi connectivity index (χ0) is 20.5. The number of carbonyl (C=O) groups is 3. The lowest BCUT2D eigenvalue weighted by Crippen LogP contribution is -2.33. The summed E-state index contributed by atoms with van der Waals surface area (Å²) < 4.78 is 0. The molecule has 0 aliphatic carbocycles. The van der Waals surface area contributed by atoms with E-state index in [9.17, 15) is 14.4 Å². The first-order chi connectivity index (χ1) is 13.2. The van der Waals surface area contributed by atoms with Gasteiger partial charge in [0.25, 0.3) is 5.91 Å². The SMILES string of the molecule is Cc1cc(CNC(=O)c2ccc(C(C)C3(C)CC(=O)NC3=O)cc2)cc(C)n1. The Balaban J connectivity index is 1.67. The molecule has 2 unspecified atom stereocenters. The largest absolute Gasteiger partial charge is 0.348 e. The van der Waals surface area contributed by atoms with Gasteiger partial charge in [0.2, 0.25) is 11.8 Å². The molecular weight excluding hydrogens is 354 g/mol. The summed E-state index contributed by atoms with van der Waals surface area (Å²) in [5.74, 6) is -0.781. The maximum Gasteiger partial charge on any atom is 0.251 e. The van der Waals surface area contributed by atoms with Crippen LogP contribution < -0.4 is 10.6 Å². The Morgan fingerprint density at radius 1 is 1.18 bits per heavy atom. The molecule has 0 spiro atoms. The quantitative estimate of drug-likeness (QED) is 0.782. The van der Waals surface area contributed by atoms with Gasteiger partial charge >= 0.3 is 0 Å². The van der Waals surface area contributed by atoms with E-state index in [2.05, 4.69) is 15.6 Å². The number of aromatic nitrogens is 1. The number of imide groups is 1. The van der Waals surface area contributed by atoms with Gasteiger partial charge in [0.05, 0.1) is 5.41 Å². The van der Waals surface area contributed by atoms with Crippen LogP contribution in [0.1, 0.15) is 59.1 Å². The molecule has 6 heteroatoms. The van der Waals surface area contributed by atoms with Crippen LogP contribution in [0.25, 0.3) is 0 Å². The average molecular weight is 379 g/mol. The summed E-state index contributed by atoms with van der Waals surface area (Å²) in [6, 6.07) is 11.1. The third-order valence-corrected chi connectivity index (χ3v) is 5.52. The van der Waals surface area contributed by atoms with Crippen molar-refractivity contribution in [2.75, 3.05) is 0 Å². The van der Waals surface area contributed by atoms with Crippen LogP contribution in [0.15, 0.2) is 36.4 Å². The Labute approximate surface area is 164 Å². The molecule has 1 aromatic carbocycles. The van der Waals surface area contributed by atoms with Gasteiger partial charge in [-0.05, 0) is 62.1 Å². The van der Waals surface area contributed by atoms with Crippen LogP contribution in [0.2, 0.25) is 0 Å². The number of nitrogens with one attached hydrogen (secondary N) is 2. The minimum absolute atomic E-state index is 0.140. The summed E-state index contributed by atoms with van der Waals surface area (Å²) in [4.78, 5) is 40.5. The zero-order valence-corrected chi connectivity index (χ0v) is 16.6. The van der Waals surface area contributed by atoms with Crippen LogP contribution in [0.4, 0.5) is 0 Å². The summed E-state index contributed by atoms with van der Waals surface area (Å²) in [6.45, 7) is 8.02. The highest BCUT2D eigenvalue weighted by molar-refractivity contribution is 6.06. The number of nitrogens with zero attached hydrogens (tertiary/aromatic N) is 1. The summed E-state index contributed by atoms with van der Waals surface area (Å²) in [6.07, 6.45) is 0.181. The second kappa shape index (κ2) is 7.54. The minimum Gasteiger partial charge on any atom is -0.348 e. The Morgan fingerprint density at radius 2 is 1.79 bits per heavy atom. The van der Waals surface area contributed by atoms with Gasteiger partial charge in [0.1, 0.15) is 0 Å². The number of pyridine rings is 1. The van der Waals surface area contributed by atoms with Gasteiger partial charge < -0.3 is 5.32 Å². The standard InChI is InChI=1S/C22H25N3O3/c1-13-9-16(10-14(2)24-13)12-23-20(27)18-7-5-17(6-8-18)15(3)22(4)11-19(26)25-21(22)28/h5-10,15H,11-12H2,1-4H3,(H,23,27)(H,25,26,28). The molecule has 3 amide bonds. The molecule has 0 radical (unpaired) electrons. The number of benzene rings is 1. The molecule has 0 saturated carbocycles. The van der Waals surface area contributed by atoms with Crippen LogP contribution in [0, 0.1) is 19.3 Å². The van der Waals surface area contributed by atoms with Crippen molar-refractivity contribution in [3.8, 4) is 0 Å². The van der Waals surface area contributed by atoms with Crippen LogP contribution >= 0.6 is 0 Å². The van der Waals surface area contributed by atoms with Crippen LogP contribution in [0.5, 0.6) is 0 Å². The second-order valence-electron chi connectivity index (χ2n) is 7.76. The van der Waals surface area contributed by atoms with E-state index in [1.165, 1.54) is 0 Å².